The number of pyridine rings is 3. The van der Waals surface area contributed by atoms with Crippen LogP contribution in [0.1, 0.15) is 49.3 Å². The summed E-state index contributed by atoms with van der Waals surface area (Å²) in [4.78, 5) is 52.7. The quantitative estimate of drug-likeness (QED) is 0.225. The molecule has 1 fully saturated rings. The van der Waals surface area contributed by atoms with Crippen molar-refractivity contribution in [3.8, 4) is 0 Å². The minimum atomic E-state index is -4.21. The van der Waals surface area contributed by atoms with E-state index in [2.05, 4.69) is 35.2 Å². The number of hydrogen-bond acceptors (Lipinski definition) is 11. The van der Waals surface area contributed by atoms with Crippen LogP contribution in [0.4, 0.5) is 10.5 Å². The summed E-state index contributed by atoms with van der Waals surface area (Å²) in [6.45, 7) is 11.3. The molecule has 0 bridgehead atoms. The van der Waals surface area contributed by atoms with Gasteiger partial charge in [0.2, 0.25) is 0 Å². The zero-order valence-corrected chi connectivity index (χ0v) is 27.6. The molecule has 0 aromatic carbocycles. The number of aryl methyl sites for hydroxylation is 1. The Morgan fingerprint density at radius 1 is 1.04 bits per heavy atom. The fraction of sp³-hybridized carbons (Fsp3) is 0.419. The summed E-state index contributed by atoms with van der Waals surface area (Å²) in [5.74, 6) is -0.864. The number of alkyl carbamates (subject to hydrolysis) is 1. The van der Waals surface area contributed by atoms with Crippen LogP contribution in [0, 0.1) is 0 Å². The lowest BCUT2D eigenvalue weighted by Crippen LogP contribution is -2.46. The van der Waals surface area contributed by atoms with Crippen LogP contribution in [0.2, 0.25) is 0 Å². The fourth-order valence-corrected chi connectivity index (χ4v) is 5.98. The Morgan fingerprint density at radius 3 is 2.49 bits per heavy atom. The third kappa shape index (κ3) is 8.71. The number of rotatable bonds is 10. The van der Waals surface area contributed by atoms with Gasteiger partial charge in [-0.1, -0.05) is 6.92 Å². The molecule has 0 spiro atoms. The van der Waals surface area contributed by atoms with Gasteiger partial charge in [-0.05, 0) is 57.0 Å². The summed E-state index contributed by atoms with van der Waals surface area (Å²) in [7, 11) is -4.21. The van der Waals surface area contributed by atoms with Gasteiger partial charge in [0.05, 0.1) is 35.7 Å². The van der Waals surface area contributed by atoms with Crippen LogP contribution in [0.25, 0.3) is 11.0 Å². The number of ether oxygens (including phenoxy) is 1. The average molecular weight is 666 g/mol. The molecule has 5 rings (SSSR count). The molecule has 0 saturated carbocycles. The molecule has 0 aliphatic carbocycles. The number of fused-ring (bicyclic) bond motifs is 1. The number of nitrogens with one attached hydrogen (secondary N) is 3. The lowest BCUT2D eigenvalue weighted by Gasteiger charge is -2.36. The van der Waals surface area contributed by atoms with E-state index < -0.39 is 27.6 Å². The fourth-order valence-electron chi connectivity index (χ4n) is 5.07. The summed E-state index contributed by atoms with van der Waals surface area (Å²) in [5, 5.41) is 6.57. The smallest absolute Gasteiger partial charge is 0.407 e. The van der Waals surface area contributed by atoms with Gasteiger partial charge in [0.25, 0.3) is 21.5 Å². The van der Waals surface area contributed by atoms with Crippen LogP contribution in [-0.4, -0.2) is 88.4 Å². The molecule has 1 aliphatic heterocycles. The number of aromatic amines is 1. The minimum Gasteiger partial charge on any atom is -0.444 e. The van der Waals surface area contributed by atoms with Crippen LogP contribution < -0.4 is 20.5 Å². The van der Waals surface area contributed by atoms with Crippen LogP contribution in [0.5, 0.6) is 0 Å². The number of H-pyrrole nitrogens is 1. The van der Waals surface area contributed by atoms with Crippen LogP contribution in [-0.2, 0) is 34.3 Å². The van der Waals surface area contributed by atoms with Gasteiger partial charge < -0.3 is 19.9 Å². The van der Waals surface area contributed by atoms with Crippen molar-refractivity contribution in [3.05, 3.63) is 76.2 Å². The highest BCUT2D eigenvalue weighted by molar-refractivity contribution is 7.90. The van der Waals surface area contributed by atoms with E-state index in [9.17, 15) is 22.8 Å². The molecule has 0 unspecified atom stereocenters. The van der Waals surface area contributed by atoms with Crippen molar-refractivity contribution in [1.29, 1.82) is 0 Å². The van der Waals surface area contributed by atoms with E-state index in [1.165, 1.54) is 16.9 Å². The van der Waals surface area contributed by atoms with Gasteiger partial charge in [0, 0.05) is 57.2 Å². The minimum absolute atomic E-state index is 0.0437. The molecule has 4 aromatic heterocycles. The highest BCUT2D eigenvalue weighted by Crippen LogP contribution is 2.19. The third-order valence-corrected chi connectivity index (χ3v) is 8.77. The Bertz CT molecular complexity index is 1910. The maximum absolute atomic E-state index is 12.8. The number of amides is 2. The summed E-state index contributed by atoms with van der Waals surface area (Å²) in [6.07, 6.45) is 5.85. The van der Waals surface area contributed by atoms with Crippen molar-refractivity contribution in [2.75, 3.05) is 37.6 Å². The molecule has 0 radical (unpaired) electrons. The normalized spacial score (nSPS) is 14.3. The molecule has 5 heterocycles. The lowest BCUT2D eigenvalue weighted by molar-refractivity contribution is 0.0525. The summed E-state index contributed by atoms with van der Waals surface area (Å²) >= 11 is 0. The second kappa shape index (κ2) is 13.9. The van der Waals surface area contributed by atoms with Gasteiger partial charge in [-0.2, -0.15) is 5.10 Å². The van der Waals surface area contributed by atoms with E-state index in [4.69, 9.17) is 4.74 Å². The number of hydrogen-bond donors (Lipinski definition) is 3. The van der Waals surface area contributed by atoms with Crippen LogP contribution in [0.3, 0.4) is 0 Å². The zero-order chi connectivity index (χ0) is 33.8. The number of sulfonamides is 1. The Hall–Kier alpha value is -4.83. The number of carbonyl (C=O) groups is 2. The van der Waals surface area contributed by atoms with Crippen molar-refractivity contribution in [2.45, 2.75) is 57.7 Å². The first-order valence-corrected chi connectivity index (χ1v) is 16.8. The van der Waals surface area contributed by atoms with E-state index in [0.29, 0.717) is 13.0 Å². The topological polar surface area (TPSA) is 185 Å². The molecule has 16 heteroatoms. The summed E-state index contributed by atoms with van der Waals surface area (Å²) in [5.41, 5.74) is 3.29. The van der Waals surface area contributed by atoms with Gasteiger partial charge in [0.15, 0.2) is 0 Å². The molecular weight excluding hydrogens is 626 g/mol. The molecule has 15 nitrogen and oxygen atoms in total. The predicted molar refractivity (Wildman–Crippen MR) is 175 cm³/mol. The number of nitrogens with zero attached hydrogens (tertiary/aromatic N) is 6. The first-order chi connectivity index (χ1) is 22.3. The second-order valence-corrected chi connectivity index (χ2v) is 13.9. The van der Waals surface area contributed by atoms with E-state index in [1.807, 2.05) is 30.0 Å². The van der Waals surface area contributed by atoms with Crippen molar-refractivity contribution >= 4 is 38.7 Å². The van der Waals surface area contributed by atoms with Gasteiger partial charge >= 0.3 is 6.09 Å². The Kier molecular flexibility index (Phi) is 9.91. The van der Waals surface area contributed by atoms with E-state index in [0.717, 1.165) is 60.2 Å². The Labute approximate surface area is 272 Å². The van der Waals surface area contributed by atoms with Gasteiger partial charge in [-0.25, -0.2) is 22.9 Å². The maximum atomic E-state index is 12.8. The first kappa shape index (κ1) is 33.5. The molecule has 4 aromatic rings. The van der Waals surface area contributed by atoms with Gasteiger partial charge in [0.1, 0.15) is 16.2 Å². The third-order valence-electron chi connectivity index (χ3n) is 7.49. The summed E-state index contributed by atoms with van der Waals surface area (Å²) in [6, 6.07) is 7.05. The molecule has 3 N–H and O–H groups in total. The van der Waals surface area contributed by atoms with Crippen LogP contribution >= 0.6 is 0 Å². The number of aromatic nitrogens is 5. The van der Waals surface area contributed by atoms with Crippen molar-refractivity contribution in [3.63, 3.8) is 0 Å². The summed E-state index contributed by atoms with van der Waals surface area (Å²) < 4.78 is 34.2. The number of piperazine rings is 1. The number of carbonyl (C=O) groups excluding carboxylic acids is 2. The zero-order valence-electron chi connectivity index (χ0n) is 26.8. The van der Waals surface area contributed by atoms with E-state index in [1.54, 1.807) is 33.0 Å². The molecule has 0 atom stereocenters. The highest BCUT2D eigenvalue weighted by Gasteiger charge is 2.23. The maximum Gasteiger partial charge on any atom is 0.407 e. The first-order valence-electron chi connectivity index (χ1n) is 15.3. The molecule has 250 valence electrons. The highest BCUT2D eigenvalue weighted by atomic mass is 32.2. The van der Waals surface area contributed by atoms with E-state index >= 15 is 0 Å². The van der Waals surface area contributed by atoms with Crippen molar-refractivity contribution in [2.24, 2.45) is 0 Å². The second-order valence-electron chi connectivity index (χ2n) is 12.2. The van der Waals surface area contributed by atoms with Gasteiger partial charge in [-0.3, -0.25) is 24.2 Å². The van der Waals surface area contributed by atoms with Crippen molar-refractivity contribution in [1.82, 2.24) is 39.7 Å². The monoisotopic (exact) mass is 665 g/mol. The van der Waals surface area contributed by atoms with Crippen LogP contribution in [0.15, 0.2) is 58.7 Å². The predicted octanol–water partition coefficient (Wildman–Crippen LogP) is 2.04. The molecule has 1 aliphatic rings. The molecule has 1 saturated heterocycles. The molecular formula is C31H39N9O6S. The lowest BCUT2D eigenvalue weighted by atomic mass is 10.1. The standard InChI is InChI=1S/C31H39N9O6S/c1-5-22-15-26-27(36-28(22)41)14-21(16-33-26)19-38-10-12-39(13-11-38)23-6-7-25(34-17-23)29(42)37-47(44,45)24-18-35-40(20-24)9-8-32-30(43)46-31(2,3)4/h6-7,14-18,20H,5,8-13,19H2,1-4H3,(H,32,43)(H,36,41)(H,37,42). The van der Waals surface area contributed by atoms with E-state index in [-0.39, 0.29) is 29.2 Å². The van der Waals surface area contributed by atoms with Crippen molar-refractivity contribution < 1.29 is 22.7 Å². The Balaban J connectivity index is 1.10. The molecule has 47 heavy (non-hydrogen) atoms. The largest absolute Gasteiger partial charge is 0.444 e. The molecule has 2 amide bonds. The number of anilines is 1. The average Bonchev–Trinajstić information content (AvgIpc) is 3.50. The Morgan fingerprint density at radius 2 is 1.81 bits per heavy atom. The van der Waals surface area contributed by atoms with Gasteiger partial charge in [-0.15, -0.1) is 0 Å². The SMILES string of the molecule is CCc1cc2ncc(CN3CCN(c4ccc(C(=O)NS(=O)(=O)c5cnn(CCNC(=O)OC(C)(C)C)c5)nc4)CC3)cc2[nH]c1=O.